The molecular weight excluding hydrogens is 306 g/mol. The summed E-state index contributed by atoms with van der Waals surface area (Å²) in [6.45, 7) is 3.53. The number of hydrogen-bond donors (Lipinski definition) is 1. The zero-order valence-electron chi connectivity index (χ0n) is 12.7. The van der Waals surface area contributed by atoms with Crippen molar-refractivity contribution in [3.63, 3.8) is 0 Å². The Balaban J connectivity index is 2.35. The number of hydrogen-bond acceptors (Lipinski definition) is 5. The van der Waals surface area contributed by atoms with Crippen LogP contribution in [0, 0.1) is 13.8 Å². The van der Waals surface area contributed by atoms with Crippen LogP contribution >= 0.6 is 11.6 Å². The molecule has 0 aliphatic rings. The van der Waals surface area contributed by atoms with Crippen LogP contribution in [-0.4, -0.2) is 30.1 Å². The van der Waals surface area contributed by atoms with Crippen molar-refractivity contribution in [2.75, 3.05) is 19.5 Å². The van der Waals surface area contributed by atoms with Gasteiger partial charge >= 0.3 is 0 Å². The van der Waals surface area contributed by atoms with E-state index in [2.05, 4.69) is 15.3 Å². The summed E-state index contributed by atoms with van der Waals surface area (Å²) in [6.07, 6.45) is 0. The zero-order chi connectivity index (χ0) is 16.3. The quantitative estimate of drug-likeness (QED) is 0.937. The maximum absolute atomic E-state index is 12.3. The van der Waals surface area contributed by atoms with Crippen LogP contribution in [-0.2, 0) is 0 Å². The van der Waals surface area contributed by atoms with Gasteiger partial charge in [-0.25, -0.2) is 9.97 Å². The third kappa shape index (κ3) is 3.46. The van der Waals surface area contributed by atoms with Gasteiger partial charge in [0.25, 0.3) is 5.91 Å². The maximum Gasteiger partial charge on any atom is 0.274 e. The molecule has 0 radical (unpaired) electrons. The molecule has 2 rings (SSSR count). The highest BCUT2D eigenvalue weighted by Crippen LogP contribution is 2.36. The van der Waals surface area contributed by atoms with E-state index in [0.717, 1.165) is 5.69 Å². The molecule has 1 heterocycles. The fraction of sp³-hybridized carbons (Fsp3) is 0.267. The van der Waals surface area contributed by atoms with Gasteiger partial charge in [-0.15, -0.1) is 0 Å². The molecule has 0 aliphatic carbocycles. The fourth-order valence-electron chi connectivity index (χ4n) is 1.98. The number of rotatable bonds is 4. The van der Waals surface area contributed by atoms with Gasteiger partial charge in [-0.2, -0.15) is 0 Å². The Bertz CT molecular complexity index is 699. The zero-order valence-corrected chi connectivity index (χ0v) is 13.5. The Kier molecular flexibility index (Phi) is 4.82. The van der Waals surface area contributed by atoms with Crippen LogP contribution < -0.4 is 14.8 Å². The number of aryl methyl sites for hydroxylation is 2. The Morgan fingerprint density at radius 2 is 1.77 bits per heavy atom. The minimum atomic E-state index is -0.365. The average Bonchev–Trinajstić information content (AvgIpc) is 2.47. The van der Waals surface area contributed by atoms with E-state index in [4.69, 9.17) is 21.1 Å². The van der Waals surface area contributed by atoms with E-state index in [9.17, 15) is 4.79 Å². The van der Waals surface area contributed by atoms with E-state index < -0.39 is 0 Å². The van der Waals surface area contributed by atoms with E-state index in [0.29, 0.717) is 28.0 Å². The second-order valence-electron chi connectivity index (χ2n) is 4.58. The average molecular weight is 322 g/mol. The van der Waals surface area contributed by atoms with Crippen molar-refractivity contribution in [2.24, 2.45) is 0 Å². The maximum atomic E-state index is 12.3. The van der Waals surface area contributed by atoms with Crippen LogP contribution in [0.15, 0.2) is 18.2 Å². The van der Waals surface area contributed by atoms with Crippen molar-refractivity contribution in [3.05, 3.63) is 40.4 Å². The molecule has 0 spiro atoms. The molecule has 0 saturated heterocycles. The van der Waals surface area contributed by atoms with Gasteiger partial charge in [0, 0.05) is 17.8 Å². The number of methoxy groups -OCH3 is 2. The molecule has 116 valence electrons. The van der Waals surface area contributed by atoms with Crippen molar-refractivity contribution in [2.45, 2.75) is 13.8 Å². The van der Waals surface area contributed by atoms with Gasteiger partial charge in [0.1, 0.15) is 23.0 Å². The molecule has 1 aromatic heterocycles. The lowest BCUT2D eigenvalue weighted by molar-refractivity contribution is 0.102. The van der Waals surface area contributed by atoms with Gasteiger partial charge in [0.05, 0.1) is 24.9 Å². The number of benzene rings is 1. The summed E-state index contributed by atoms with van der Waals surface area (Å²) >= 11 is 6.04. The standard InChI is InChI=1S/C15H16ClN3O3/c1-8-5-12(18-9(2)17-8)15(20)19-11-7-13(21-3)10(16)6-14(11)22-4/h5-7H,1-4H3,(H,19,20). The Hall–Kier alpha value is -2.34. The molecule has 1 aromatic carbocycles. The van der Waals surface area contributed by atoms with Crippen molar-refractivity contribution >= 4 is 23.2 Å². The molecule has 0 fully saturated rings. The number of halogens is 1. The summed E-state index contributed by atoms with van der Waals surface area (Å²) in [6, 6.07) is 4.79. The van der Waals surface area contributed by atoms with E-state index >= 15 is 0 Å². The van der Waals surface area contributed by atoms with Crippen molar-refractivity contribution in [1.29, 1.82) is 0 Å². The molecule has 0 atom stereocenters. The fourth-order valence-corrected chi connectivity index (χ4v) is 2.21. The molecule has 6 nitrogen and oxygen atoms in total. The molecule has 0 aliphatic heterocycles. The van der Waals surface area contributed by atoms with Gasteiger partial charge in [-0.3, -0.25) is 4.79 Å². The highest BCUT2D eigenvalue weighted by Gasteiger charge is 2.15. The lowest BCUT2D eigenvalue weighted by Gasteiger charge is -2.13. The summed E-state index contributed by atoms with van der Waals surface area (Å²) < 4.78 is 10.4. The molecular formula is C15H16ClN3O3. The lowest BCUT2D eigenvalue weighted by Crippen LogP contribution is -2.15. The van der Waals surface area contributed by atoms with Crippen LogP contribution in [0.25, 0.3) is 0 Å². The molecule has 0 unspecified atom stereocenters. The first kappa shape index (κ1) is 16.0. The number of nitrogens with one attached hydrogen (secondary N) is 1. The predicted molar refractivity (Wildman–Crippen MR) is 84.0 cm³/mol. The summed E-state index contributed by atoms with van der Waals surface area (Å²) in [7, 11) is 2.99. The van der Waals surface area contributed by atoms with E-state index in [1.807, 2.05) is 0 Å². The molecule has 1 amide bonds. The highest BCUT2D eigenvalue weighted by atomic mass is 35.5. The van der Waals surface area contributed by atoms with Gasteiger partial charge in [-0.1, -0.05) is 11.6 Å². The lowest BCUT2D eigenvalue weighted by atomic mass is 10.2. The number of aromatic nitrogens is 2. The Labute approximate surface area is 133 Å². The van der Waals surface area contributed by atoms with Gasteiger partial charge in [-0.05, 0) is 19.9 Å². The smallest absolute Gasteiger partial charge is 0.274 e. The van der Waals surface area contributed by atoms with Crippen LogP contribution in [0.2, 0.25) is 5.02 Å². The normalized spacial score (nSPS) is 10.2. The number of carbonyl (C=O) groups is 1. The number of amides is 1. The molecule has 0 bridgehead atoms. The molecule has 2 aromatic rings. The van der Waals surface area contributed by atoms with Gasteiger partial charge in [0.2, 0.25) is 0 Å². The number of anilines is 1. The first-order chi connectivity index (χ1) is 10.4. The molecule has 1 N–H and O–H groups in total. The third-order valence-corrected chi connectivity index (χ3v) is 3.22. The van der Waals surface area contributed by atoms with Crippen molar-refractivity contribution < 1.29 is 14.3 Å². The van der Waals surface area contributed by atoms with Gasteiger partial charge < -0.3 is 14.8 Å². The number of carbonyl (C=O) groups excluding carboxylic acids is 1. The van der Waals surface area contributed by atoms with Crippen LogP contribution in [0.4, 0.5) is 5.69 Å². The minimum absolute atomic E-state index is 0.279. The first-order valence-corrected chi connectivity index (χ1v) is 6.87. The second kappa shape index (κ2) is 6.62. The molecule has 7 heteroatoms. The van der Waals surface area contributed by atoms with E-state index in [1.165, 1.54) is 14.2 Å². The highest BCUT2D eigenvalue weighted by molar-refractivity contribution is 6.32. The molecule has 22 heavy (non-hydrogen) atoms. The van der Waals surface area contributed by atoms with Crippen LogP contribution in [0.5, 0.6) is 11.5 Å². The van der Waals surface area contributed by atoms with Crippen molar-refractivity contribution in [1.82, 2.24) is 9.97 Å². The molecule has 0 saturated carbocycles. The van der Waals surface area contributed by atoms with Crippen molar-refractivity contribution in [3.8, 4) is 11.5 Å². The van der Waals surface area contributed by atoms with E-state index in [-0.39, 0.29) is 11.6 Å². The second-order valence-corrected chi connectivity index (χ2v) is 4.99. The topological polar surface area (TPSA) is 73.3 Å². The summed E-state index contributed by atoms with van der Waals surface area (Å²) in [4.78, 5) is 20.6. The SMILES string of the molecule is COc1cc(NC(=O)c2cc(C)nc(C)n2)c(OC)cc1Cl. The minimum Gasteiger partial charge on any atom is -0.495 e. The van der Waals surface area contributed by atoms with Crippen LogP contribution in [0.3, 0.4) is 0 Å². The summed E-state index contributed by atoms with van der Waals surface area (Å²) in [5.74, 6) is 1.04. The third-order valence-electron chi connectivity index (χ3n) is 2.92. The summed E-state index contributed by atoms with van der Waals surface area (Å²) in [5, 5.41) is 3.14. The number of nitrogens with zero attached hydrogens (tertiary/aromatic N) is 2. The van der Waals surface area contributed by atoms with E-state index in [1.54, 1.807) is 32.0 Å². The summed E-state index contributed by atoms with van der Waals surface area (Å²) in [5.41, 5.74) is 1.45. The van der Waals surface area contributed by atoms with Crippen LogP contribution in [0.1, 0.15) is 22.0 Å². The first-order valence-electron chi connectivity index (χ1n) is 6.49. The number of ether oxygens (including phenoxy) is 2. The monoisotopic (exact) mass is 321 g/mol. The predicted octanol–water partition coefficient (Wildman–Crippen LogP) is 3.02. The largest absolute Gasteiger partial charge is 0.495 e. The Morgan fingerprint density at radius 1 is 1.09 bits per heavy atom. The Morgan fingerprint density at radius 3 is 2.36 bits per heavy atom. The van der Waals surface area contributed by atoms with Gasteiger partial charge in [0.15, 0.2) is 0 Å².